The first-order valence-electron chi connectivity index (χ1n) is 5.71. The van der Waals surface area contributed by atoms with Gasteiger partial charge in [0.2, 0.25) is 0 Å². The van der Waals surface area contributed by atoms with Gasteiger partial charge in [-0.05, 0) is 24.3 Å². The Bertz CT molecular complexity index is 426. The molecule has 0 unspecified atom stereocenters. The Kier molecular flexibility index (Phi) is 3.24. The second-order valence-corrected chi connectivity index (χ2v) is 9.67. The average molecular weight is 243 g/mol. The van der Waals surface area contributed by atoms with Crippen LogP contribution in [-0.4, -0.2) is 18.2 Å². The number of rotatable bonds is 3. The number of hydrogen-bond acceptors (Lipinski definition) is 3. The van der Waals surface area contributed by atoms with Crippen molar-refractivity contribution in [2.75, 3.05) is 4.57 Å². The zero-order chi connectivity index (χ0) is 12.3. The van der Waals surface area contributed by atoms with Crippen molar-refractivity contribution in [2.24, 2.45) is 0 Å². The third kappa shape index (κ3) is 2.71. The first kappa shape index (κ1) is 11.8. The number of aromatic nitrogens is 2. The minimum Gasteiger partial charge on any atom is -0.340 e. The van der Waals surface area contributed by atoms with Gasteiger partial charge in [-0.1, -0.05) is 31.8 Å². The molecule has 0 spiro atoms. The third-order valence-electron chi connectivity index (χ3n) is 2.43. The minimum atomic E-state index is -1.56. The molecule has 0 amide bonds. The van der Waals surface area contributed by atoms with E-state index in [1.807, 2.05) is 48.8 Å². The fourth-order valence-electron chi connectivity index (χ4n) is 1.78. The molecule has 2 heterocycles. The Labute approximate surface area is 103 Å². The highest BCUT2D eigenvalue weighted by Crippen LogP contribution is 2.27. The van der Waals surface area contributed by atoms with E-state index < -0.39 is 8.24 Å². The Balaban J connectivity index is 2.48. The van der Waals surface area contributed by atoms with E-state index >= 15 is 0 Å². The fourth-order valence-corrected chi connectivity index (χ4v) is 3.42. The molecule has 0 aromatic carbocycles. The molecule has 0 bridgehead atoms. The molecule has 88 valence electrons. The van der Waals surface area contributed by atoms with Gasteiger partial charge in [0, 0.05) is 12.4 Å². The summed E-state index contributed by atoms with van der Waals surface area (Å²) in [5.41, 5.74) is 0. The molecule has 0 aliphatic rings. The van der Waals surface area contributed by atoms with Gasteiger partial charge < -0.3 is 4.57 Å². The summed E-state index contributed by atoms with van der Waals surface area (Å²) < 4.78 is 2.27. The quantitative estimate of drug-likeness (QED) is 0.773. The van der Waals surface area contributed by atoms with E-state index in [2.05, 4.69) is 34.2 Å². The zero-order valence-corrected chi connectivity index (χ0v) is 11.5. The molecular formula is C13H17N3Si. The lowest BCUT2D eigenvalue weighted by atomic mass is 10.4. The Morgan fingerprint density at radius 1 is 0.824 bits per heavy atom. The number of hydrogen-bond donors (Lipinski definition) is 0. The molecular weight excluding hydrogens is 226 g/mol. The van der Waals surface area contributed by atoms with Crippen LogP contribution < -0.4 is 4.57 Å². The van der Waals surface area contributed by atoms with Crippen molar-refractivity contribution in [1.82, 2.24) is 9.97 Å². The molecule has 0 aliphatic carbocycles. The summed E-state index contributed by atoms with van der Waals surface area (Å²) in [6.07, 6.45) is 3.65. The van der Waals surface area contributed by atoms with Gasteiger partial charge >= 0.3 is 0 Å². The van der Waals surface area contributed by atoms with Crippen molar-refractivity contribution in [2.45, 2.75) is 19.6 Å². The lowest BCUT2D eigenvalue weighted by Crippen LogP contribution is -2.43. The molecule has 2 aromatic heterocycles. The molecule has 0 fully saturated rings. The summed E-state index contributed by atoms with van der Waals surface area (Å²) >= 11 is 0. The fraction of sp³-hybridized carbons (Fsp3) is 0.231. The molecule has 0 atom stereocenters. The largest absolute Gasteiger partial charge is 0.340 e. The Morgan fingerprint density at radius 3 is 1.59 bits per heavy atom. The highest BCUT2D eigenvalue weighted by atomic mass is 28.3. The molecule has 2 rings (SSSR count). The smallest absolute Gasteiger partial charge is 0.157 e. The van der Waals surface area contributed by atoms with Crippen LogP contribution in [0.1, 0.15) is 0 Å². The normalized spacial score (nSPS) is 11.2. The average Bonchev–Trinajstić information content (AvgIpc) is 2.30. The van der Waals surface area contributed by atoms with Crippen molar-refractivity contribution in [1.29, 1.82) is 0 Å². The summed E-state index contributed by atoms with van der Waals surface area (Å²) in [5.74, 6) is 1.95. The van der Waals surface area contributed by atoms with Crippen LogP contribution in [0, 0.1) is 0 Å². The lowest BCUT2D eigenvalue weighted by Gasteiger charge is -2.34. The Hall–Kier alpha value is -1.68. The third-order valence-corrected chi connectivity index (χ3v) is 4.23. The van der Waals surface area contributed by atoms with E-state index in [9.17, 15) is 0 Å². The topological polar surface area (TPSA) is 29.0 Å². The molecule has 17 heavy (non-hydrogen) atoms. The molecule has 2 aromatic rings. The molecule has 4 heteroatoms. The van der Waals surface area contributed by atoms with Crippen molar-refractivity contribution in [3.63, 3.8) is 0 Å². The van der Waals surface area contributed by atoms with Crippen LogP contribution in [0.4, 0.5) is 11.6 Å². The van der Waals surface area contributed by atoms with Crippen LogP contribution in [0.25, 0.3) is 0 Å². The zero-order valence-electron chi connectivity index (χ0n) is 10.5. The standard InChI is InChI=1S/C13H17N3Si/c1-17(2,3)16(12-8-4-6-10-14-12)13-9-5-7-11-15-13/h4-11H,1-3H3. The molecule has 3 nitrogen and oxygen atoms in total. The van der Waals surface area contributed by atoms with Crippen molar-refractivity contribution >= 4 is 19.9 Å². The minimum absolute atomic E-state index is 0.977. The van der Waals surface area contributed by atoms with Gasteiger partial charge in [0.05, 0.1) is 0 Å². The van der Waals surface area contributed by atoms with Gasteiger partial charge in [-0.15, -0.1) is 0 Å². The number of anilines is 2. The van der Waals surface area contributed by atoms with Gasteiger partial charge in [0.25, 0.3) is 0 Å². The van der Waals surface area contributed by atoms with E-state index in [0.717, 1.165) is 11.6 Å². The monoisotopic (exact) mass is 243 g/mol. The molecule has 0 saturated carbocycles. The maximum absolute atomic E-state index is 4.44. The molecule has 0 N–H and O–H groups in total. The predicted molar refractivity (Wildman–Crippen MR) is 74.0 cm³/mol. The summed E-state index contributed by atoms with van der Waals surface area (Å²) in [4.78, 5) is 8.89. The van der Waals surface area contributed by atoms with Gasteiger partial charge in [0.15, 0.2) is 8.24 Å². The van der Waals surface area contributed by atoms with Gasteiger partial charge in [-0.2, -0.15) is 0 Å². The summed E-state index contributed by atoms with van der Waals surface area (Å²) in [7, 11) is -1.56. The van der Waals surface area contributed by atoms with E-state index in [0.29, 0.717) is 0 Å². The Morgan fingerprint density at radius 2 is 1.29 bits per heavy atom. The van der Waals surface area contributed by atoms with Crippen LogP contribution in [0.5, 0.6) is 0 Å². The van der Waals surface area contributed by atoms with Crippen LogP contribution in [0.15, 0.2) is 48.8 Å². The van der Waals surface area contributed by atoms with Crippen LogP contribution in [0.2, 0.25) is 19.6 Å². The second-order valence-electron chi connectivity index (χ2n) is 4.88. The van der Waals surface area contributed by atoms with Crippen LogP contribution in [0.3, 0.4) is 0 Å². The molecule has 0 saturated heterocycles. The van der Waals surface area contributed by atoms with Gasteiger partial charge in [-0.25, -0.2) is 9.97 Å². The first-order chi connectivity index (χ1) is 8.09. The van der Waals surface area contributed by atoms with E-state index in [-0.39, 0.29) is 0 Å². The van der Waals surface area contributed by atoms with Crippen molar-refractivity contribution in [3.05, 3.63) is 48.8 Å². The van der Waals surface area contributed by atoms with Gasteiger partial charge in [0.1, 0.15) is 11.6 Å². The maximum atomic E-state index is 4.44. The number of nitrogens with zero attached hydrogens (tertiary/aromatic N) is 3. The van der Waals surface area contributed by atoms with E-state index in [4.69, 9.17) is 0 Å². The van der Waals surface area contributed by atoms with Crippen molar-refractivity contribution < 1.29 is 0 Å². The lowest BCUT2D eigenvalue weighted by molar-refractivity contribution is 1.15. The highest BCUT2D eigenvalue weighted by Gasteiger charge is 2.27. The van der Waals surface area contributed by atoms with Crippen LogP contribution in [-0.2, 0) is 0 Å². The maximum Gasteiger partial charge on any atom is 0.157 e. The highest BCUT2D eigenvalue weighted by molar-refractivity contribution is 6.80. The molecule has 0 radical (unpaired) electrons. The second kappa shape index (κ2) is 4.67. The summed E-state index contributed by atoms with van der Waals surface area (Å²) in [6.45, 7) is 6.86. The van der Waals surface area contributed by atoms with Gasteiger partial charge in [-0.3, -0.25) is 0 Å². The summed E-state index contributed by atoms with van der Waals surface area (Å²) in [5, 5.41) is 0. The summed E-state index contributed by atoms with van der Waals surface area (Å²) in [6, 6.07) is 12.0. The SMILES string of the molecule is C[Si](C)(C)N(c1ccccn1)c1ccccn1. The van der Waals surface area contributed by atoms with Crippen molar-refractivity contribution in [3.8, 4) is 0 Å². The predicted octanol–water partition coefficient (Wildman–Crippen LogP) is 3.45. The molecule has 0 aliphatic heterocycles. The van der Waals surface area contributed by atoms with E-state index in [1.165, 1.54) is 0 Å². The van der Waals surface area contributed by atoms with Crippen LogP contribution >= 0.6 is 0 Å². The van der Waals surface area contributed by atoms with E-state index in [1.54, 1.807) is 0 Å². The number of pyridine rings is 2. The first-order valence-corrected chi connectivity index (χ1v) is 9.16.